The summed E-state index contributed by atoms with van der Waals surface area (Å²) in [4.78, 5) is 11.5. The first kappa shape index (κ1) is 17.3. The maximum Gasteiger partial charge on any atom is 0.240 e. The van der Waals surface area contributed by atoms with Gasteiger partial charge in [0.15, 0.2) is 0 Å². The van der Waals surface area contributed by atoms with Crippen LogP contribution in [-0.2, 0) is 10.5 Å². The number of carbonyl (C=O) groups is 1. The minimum Gasteiger partial charge on any atom is -0.325 e. The van der Waals surface area contributed by atoms with Crippen LogP contribution in [0.1, 0.15) is 38.2 Å². The third-order valence-electron chi connectivity index (χ3n) is 3.40. The molecule has 2 rings (SSSR count). The molecule has 1 aromatic carbocycles. The quantitative estimate of drug-likeness (QED) is 0.873. The van der Waals surface area contributed by atoms with Crippen molar-refractivity contribution >= 4 is 35.8 Å². The van der Waals surface area contributed by atoms with Gasteiger partial charge in [-0.05, 0) is 37.5 Å². The molecule has 20 heavy (non-hydrogen) atoms. The van der Waals surface area contributed by atoms with E-state index in [2.05, 4.69) is 11.4 Å². The smallest absolute Gasteiger partial charge is 0.240 e. The van der Waals surface area contributed by atoms with Gasteiger partial charge in [-0.2, -0.15) is 11.8 Å². The molecule has 0 radical (unpaired) electrons. The van der Waals surface area contributed by atoms with E-state index in [0.717, 1.165) is 16.7 Å². The van der Waals surface area contributed by atoms with Crippen LogP contribution in [0.4, 0.5) is 5.69 Å². The number of amides is 1. The van der Waals surface area contributed by atoms with Gasteiger partial charge in [0.25, 0.3) is 0 Å². The van der Waals surface area contributed by atoms with E-state index >= 15 is 0 Å². The normalized spacial score (nSPS) is 16.5. The highest BCUT2D eigenvalue weighted by atomic mass is 35.5. The first-order chi connectivity index (χ1) is 9.15. The lowest BCUT2D eigenvalue weighted by Crippen LogP contribution is -2.32. The van der Waals surface area contributed by atoms with E-state index in [1.807, 2.05) is 30.0 Å². The second-order valence-corrected chi connectivity index (χ2v) is 6.48. The molecule has 5 heteroatoms. The van der Waals surface area contributed by atoms with Crippen LogP contribution in [0.2, 0.25) is 0 Å². The zero-order valence-corrected chi connectivity index (χ0v) is 13.4. The van der Waals surface area contributed by atoms with Crippen LogP contribution < -0.4 is 11.1 Å². The number of anilines is 1. The largest absolute Gasteiger partial charge is 0.325 e. The molecule has 1 atom stereocenters. The number of hydrogen-bond acceptors (Lipinski definition) is 3. The first-order valence-electron chi connectivity index (χ1n) is 6.92. The molecule has 1 saturated carbocycles. The fourth-order valence-corrected chi connectivity index (χ4v) is 3.54. The van der Waals surface area contributed by atoms with Crippen molar-refractivity contribution in [3.05, 3.63) is 29.8 Å². The Hall–Kier alpha value is -0.710. The van der Waals surface area contributed by atoms with Gasteiger partial charge in [0, 0.05) is 16.7 Å². The molecule has 0 aromatic heterocycles. The van der Waals surface area contributed by atoms with Gasteiger partial charge < -0.3 is 11.1 Å². The number of nitrogens with two attached hydrogens (primary N) is 1. The molecule has 3 N–H and O–H groups in total. The highest BCUT2D eigenvalue weighted by molar-refractivity contribution is 7.99. The second kappa shape index (κ2) is 8.55. The summed E-state index contributed by atoms with van der Waals surface area (Å²) in [7, 11) is 0. The third-order valence-corrected chi connectivity index (χ3v) is 4.84. The Labute approximate surface area is 131 Å². The van der Waals surface area contributed by atoms with Gasteiger partial charge in [0.05, 0.1) is 6.04 Å². The minimum absolute atomic E-state index is 0. The standard InChI is InChI=1S/C15H22N2OS.ClH/c1-11(16)15(18)17-13-6-4-5-12(9-13)10-19-14-7-2-3-8-14;/h4-6,9,11,14H,2-3,7-8,10,16H2,1H3,(H,17,18);1H/t11-;/m0./s1. The van der Waals surface area contributed by atoms with E-state index in [0.29, 0.717) is 0 Å². The molecular formula is C15H23ClN2OS. The average Bonchev–Trinajstić information content (AvgIpc) is 2.90. The molecule has 0 heterocycles. The first-order valence-corrected chi connectivity index (χ1v) is 7.97. The van der Waals surface area contributed by atoms with Crippen LogP contribution in [0.5, 0.6) is 0 Å². The van der Waals surface area contributed by atoms with Gasteiger partial charge >= 0.3 is 0 Å². The molecule has 1 fully saturated rings. The second-order valence-electron chi connectivity index (χ2n) is 5.20. The molecule has 0 bridgehead atoms. The number of carbonyl (C=O) groups excluding carboxylic acids is 1. The van der Waals surface area contributed by atoms with Crippen molar-refractivity contribution in [2.75, 3.05) is 5.32 Å². The third kappa shape index (κ3) is 5.35. The number of thioether (sulfide) groups is 1. The highest BCUT2D eigenvalue weighted by Gasteiger charge is 2.15. The molecular weight excluding hydrogens is 292 g/mol. The Morgan fingerprint density at radius 2 is 2.15 bits per heavy atom. The fraction of sp³-hybridized carbons (Fsp3) is 0.533. The van der Waals surface area contributed by atoms with Gasteiger partial charge in [-0.3, -0.25) is 4.79 Å². The molecule has 1 aliphatic rings. The minimum atomic E-state index is -0.475. The Kier molecular flexibility index (Phi) is 7.41. The van der Waals surface area contributed by atoms with Crippen LogP contribution in [0.3, 0.4) is 0 Å². The summed E-state index contributed by atoms with van der Waals surface area (Å²) in [6.07, 6.45) is 5.46. The zero-order valence-electron chi connectivity index (χ0n) is 11.8. The maximum absolute atomic E-state index is 11.5. The molecule has 3 nitrogen and oxygen atoms in total. The van der Waals surface area contributed by atoms with Crippen molar-refractivity contribution in [3.8, 4) is 0 Å². The van der Waals surface area contributed by atoms with Gasteiger partial charge in [0.2, 0.25) is 5.91 Å². The highest BCUT2D eigenvalue weighted by Crippen LogP contribution is 2.31. The van der Waals surface area contributed by atoms with Gasteiger partial charge in [-0.15, -0.1) is 12.4 Å². The molecule has 112 valence electrons. The van der Waals surface area contributed by atoms with Crippen molar-refractivity contribution in [1.29, 1.82) is 0 Å². The molecule has 0 saturated heterocycles. The van der Waals surface area contributed by atoms with Crippen LogP contribution in [0.15, 0.2) is 24.3 Å². The lowest BCUT2D eigenvalue weighted by Gasteiger charge is -2.11. The number of halogens is 1. The topological polar surface area (TPSA) is 55.1 Å². The van der Waals surface area contributed by atoms with E-state index in [9.17, 15) is 4.79 Å². The van der Waals surface area contributed by atoms with Crippen molar-refractivity contribution in [3.63, 3.8) is 0 Å². The molecule has 1 amide bonds. The van der Waals surface area contributed by atoms with E-state index in [-0.39, 0.29) is 18.3 Å². The van der Waals surface area contributed by atoms with Crippen molar-refractivity contribution in [1.82, 2.24) is 0 Å². The Bertz CT molecular complexity index is 434. The monoisotopic (exact) mass is 314 g/mol. The maximum atomic E-state index is 11.5. The van der Waals surface area contributed by atoms with E-state index in [1.54, 1.807) is 6.92 Å². The summed E-state index contributed by atoms with van der Waals surface area (Å²) in [5.41, 5.74) is 7.65. The van der Waals surface area contributed by atoms with Gasteiger partial charge in [-0.1, -0.05) is 25.0 Å². The molecule has 0 aliphatic heterocycles. The summed E-state index contributed by atoms with van der Waals surface area (Å²) in [6.45, 7) is 1.69. The number of rotatable bonds is 5. The zero-order chi connectivity index (χ0) is 13.7. The number of nitrogens with one attached hydrogen (secondary N) is 1. The summed E-state index contributed by atoms with van der Waals surface area (Å²) in [5.74, 6) is 0.882. The van der Waals surface area contributed by atoms with Crippen LogP contribution in [0.25, 0.3) is 0 Å². The summed E-state index contributed by atoms with van der Waals surface area (Å²) in [6, 6.07) is 7.58. The summed E-state index contributed by atoms with van der Waals surface area (Å²) < 4.78 is 0. The Morgan fingerprint density at radius 3 is 2.80 bits per heavy atom. The average molecular weight is 315 g/mol. The van der Waals surface area contributed by atoms with Crippen LogP contribution in [0, 0.1) is 0 Å². The molecule has 1 aliphatic carbocycles. The number of hydrogen-bond donors (Lipinski definition) is 2. The van der Waals surface area contributed by atoms with E-state index < -0.39 is 6.04 Å². The Morgan fingerprint density at radius 1 is 1.45 bits per heavy atom. The van der Waals surface area contributed by atoms with Crippen molar-refractivity contribution in [2.24, 2.45) is 5.73 Å². The predicted octanol–water partition coefficient (Wildman–Crippen LogP) is 3.57. The lowest BCUT2D eigenvalue weighted by molar-refractivity contribution is -0.117. The van der Waals surface area contributed by atoms with Gasteiger partial charge in [0.1, 0.15) is 0 Å². The van der Waals surface area contributed by atoms with Crippen LogP contribution in [-0.4, -0.2) is 17.2 Å². The molecule has 0 spiro atoms. The summed E-state index contributed by atoms with van der Waals surface area (Å²) in [5, 5.41) is 3.66. The van der Waals surface area contributed by atoms with Gasteiger partial charge in [-0.25, -0.2) is 0 Å². The Balaban J connectivity index is 0.00000200. The van der Waals surface area contributed by atoms with Crippen molar-refractivity contribution < 1.29 is 4.79 Å². The lowest BCUT2D eigenvalue weighted by atomic mass is 10.2. The number of benzene rings is 1. The molecule has 0 unspecified atom stereocenters. The fourth-order valence-electron chi connectivity index (χ4n) is 2.26. The SMILES string of the molecule is C[C@H](N)C(=O)Nc1cccc(CSC2CCCC2)c1.Cl. The van der Waals surface area contributed by atoms with Crippen LogP contribution >= 0.6 is 24.2 Å². The van der Waals surface area contributed by atoms with Crippen molar-refractivity contribution in [2.45, 2.75) is 49.7 Å². The van der Waals surface area contributed by atoms with E-state index in [1.165, 1.54) is 31.2 Å². The molecule has 1 aromatic rings. The predicted molar refractivity (Wildman–Crippen MR) is 89.5 cm³/mol. The summed E-state index contributed by atoms with van der Waals surface area (Å²) >= 11 is 2.03. The van der Waals surface area contributed by atoms with E-state index in [4.69, 9.17) is 5.73 Å².